The Kier molecular flexibility index (Phi) is 6.67. The van der Waals surface area contributed by atoms with Crippen LogP contribution in [0.25, 0.3) is 0 Å². The Morgan fingerprint density at radius 1 is 1.20 bits per heavy atom. The van der Waals surface area contributed by atoms with Gasteiger partial charge in [0.2, 0.25) is 5.91 Å². The average Bonchev–Trinajstić information content (AvgIpc) is 2.69. The second-order valence-electron chi connectivity index (χ2n) is 7.63. The van der Waals surface area contributed by atoms with E-state index in [0.717, 1.165) is 24.8 Å². The average molecular weight is 421 g/mol. The van der Waals surface area contributed by atoms with Gasteiger partial charge in [-0.15, -0.1) is 0 Å². The van der Waals surface area contributed by atoms with Crippen molar-refractivity contribution in [1.82, 2.24) is 5.01 Å². The first kappa shape index (κ1) is 22.1. The van der Waals surface area contributed by atoms with Crippen molar-refractivity contribution in [3.63, 3.8) is 0 Å². The molecule has 0 spiro atoms. The number of nitrogens with zero attached hydrogens (tertiary/aromatic N) is 1. The number of carbonyl (C=O) groups is 1. The van der Waals surface area contributed by atoms with Crippen molar-refractivity contribution >= 4 is 11.6 Å². The van der Waals surface area contributed by atoms with Crippen LogP contribution < -0.4 is 15.9 Å². The largest absolute Gasteiger partial charge is 0.484 e. The molecule has 5 nitrogen and oxygen atoms in total. The van der Waals surface area contributed by atoms with Crippen molar-refractivity contribution in [2.45, 2.75) is 44.3 Å². The molecule has 2 aromatic carbocycles. The van der Waals surface area contributed by atoms with Gasteiger partial charge in [-0.1, -0.05) is 30.3 Å². The van der Waals surface area contributed by atoms with Gasteiger partial charge in [-0.2, -0.15) is 13.2 Å². The predicted molar refractivity (Wildman–Crippen MR) is 109 cm³/mol. The van der Waals surface area contributed by atoms with Crippen LogP contribution >= 0.6 is 0 Å². The molecule has 0 aromatic heterocycles. The number of nitrogens with one attached hydrogen (secondary N) is 1. The summed E-state index contributed by atoms with van der Waals surface area (Å²) in [5, 5.41) is 4.47. The summed E-state index contributed by atoms with van der Waals surface area (Å²) in [4.78, 5) is 11.5. The number of amides is 1. The molecule has 2 aromatic rings. The van der Waals surface area contributed by atoms with Gasteiger partial charge in [0, 0.05) is 19.2 Å². The third kappa shape index (κ3) is 5.31. The van der Waals surface area contributed by atoms with E-state index < -0.39 is 18.3 Å². The molecule has 3 N–H and O–H groups in total. The molecule has 162 valence electrons. The van der Waals surface area contributed by atoms with E-state index in [1.165, 1.54) is 19.1 Å². The molecule has 0 saturated carbocycles. The second-order valence-corrected chi connectivity index (χ2v) is 7.63. The van der Waals surface area contributed by atoms with Crippen LogP contribution in [-0.2, 0) is 16.8 Å². The van der Waals surface area contributed by atoms with Gasteiger partial charge in [-0.25, -0.2) is 5.01 Å². The SMILES string of the molecule is CC(=O)Nc1ccc(OCC(F)(F)F)c(CC2(c3ccccc3)CCCCN2N)c1. The Hall–Kier alpha value is -2.58. The molecule has 3 rings (SSSR count). The molecule has 8 heteroatoms. The normalized spacial score (nSPS) is 20.0. The maximum absolute atomic E-state index is 12.8. The number of hydrogen-bond acceptors (Lipinski definition) is 4. The lowest BCUT2D eigenvalue weighted by Crippen LogP contribution is -2.54. The zero-order valence-corrected chi connectivity index (χ0v) is 16.8. The molecular weight excluding hydrogens is 395 g/mol. The summed E-state index contributed by atoms with van der Waals surface area (Å²) in [6, 6.07) is 14.4. The second kappa shape index (κ2) is 9.06. The highest BCUT2D eigenvalue weighted by Gasteiger charge is 2.40. The number of hydrazine groups is 1. The van der Waals surface area contributed by atoms with Gasteiger partial charge in [0.25, 0.3) is 0 Å². The molecule has 0 radical (unpaired) electrons. The molecule has 1 atom stereocenters. The van der Waals surface area contributed by atoms with Crippen LogP contribution in [-0.4, -0.2) is 30.2 Å². The minimum atomic E-state index is -4.45. The molecule has 1 saturated heterocycles. The van der Waals surface area contributed by atoms with E-state index >= 15 is 0 Å². The van der Waals surface area contributed by atoms with Crippen molar-refractivity contribution in [3.8, 4) is 5.75 Å². The highest BCUT2D eigenvalue weighted by molar-refractivity contribution is 5.88. The zero-order valence-electron chi connectivity index (χ0n) is 16.8. The Bertz CT molecular complexity index is 874. The molecule has 0 aliphatic carbocycles. The van der Waals surface area contributed by atoms with Crippen LogP contribution in [0.3, 0.4) is 0 Å². The quantitative estimate of drug-likeness (QED) is 0.679. The smallest absolute Gasteiger partial charge is 0.422 e. The highest BCUT2D eigenvalue weighted by Crippen LogP contribution is 2.41. The number of alkyl halides is 3. The van der Waals surface area contributed by atoms with Crippen LogP contribution in [0.5, 0.6) is 5.75 Å². The highest BCUT2D eigenvalue weighted by atomic mass is 19.4. The molecule has 1 heterocycles. The Morgan fingerprint density at radius 2 is 1.93 bits per heavy atom. The maximum atomic E-state index is 12.8. The number of ether oxygens (including phenoxy) is 1. The first-order valence-electron chi connectivity index (χ1n) is 9.87. The fraction of sp³-hybridized carbons (Fsp3) is 0.409. The molecular formula is C22H26F3N3O2. The first-order valence-corrected chi connectivity index (χ1v) is 9.87. The minimum absolute atomic E-state index is 0.135. The number of hydrogen-bond donors (Lipinski definition) is 2. The van der Waals surface area contributed by atoms with E-state index in [-0.39, 0.29) is 11.7 Å². The van der Waals surface area contributed by atoms with Crippen LogP contribution in [0.4, 0.5) is 18.9 Å². The van der Waals surface area contributed by atoms with E-state index in [0.29, 0.717) is 24.2 Å². The van der Waals surface area contributed by atoms with Gasteiger partial charge in [-0.05, 0) is 55.0 Å². The van der Waals surface area contributed by atoms with Gasteiger partial charge >= 0.3 is 6.18 Å². The van der Waals surface area contributed by atoms with Crippen molar-refractivity contribution in [1.29, 1.82) is 0 Å². The first-order chi connectivity index (χ1) is 14.2. The molecule has 1 aliphatic heterocycles. The lowest BCUT2D eigenvalue weighted by Gasteiger charge is -2.45. The summed E-state index contributed by atoms with van der Waals surface area (Å²) in [6.45, 7) is 0.672. The topological polar surface area (TPSA) is 67.6 Å². The van der Waals surface area contributed by atoms with Gasteiger partial charge in [0.15, 0.2) is 6.61 Å². The Balaban J connectivity index is 2.02. The molecule has 1 unspecified atom stereocenters. The summed E-state index contributed by atoms with van der Waals surface area (Å²) in [5.41, 5.74) is 1.48. The minimum Gasteiger partial charge on any atom is -0.484 e. The van der Waals surface area contributed by atoms with E-state index in [4.69, 9.17) is 10.6 Å². The summed E-state index contributed by atoms with van der Waals surface area (Å²) in [6.07, 6.45) is -1.43. The fourth-order valence-corrected chi connectivity index (χ4v) is 4.02. The summed E-state index contributed by atoms with van der Waals surface area (Å²) in [5.74, 6) is 6.32. The van der Waals surface area contributed by atoms with Crippen molar-refractivity contribution in [3.05, 3.63) is 59.7 Å². The summed E-state index contributed by atoms with van der Waals surface area (Å²) >= 11 is 0. The number of halogens is 3. The van der Waals surface area contributed by atoms with E-state index in [1.54, 1.807) is 11.1 Å². The number of rotatable bonds is 6. The summed E-state index contributed by atoms with van der Waals surface area (Å²) in [7, 11) is 0. The number of anilines is 1. The van der Waals surface area contributed by atoms with Gasteiger partial charge < -0.3 is 10.1 Å². The van der Waals surface area contributed by atoms with Crippen molar-refractivity contribution in [2.75, 3.05) is 18.5 Å². The van der Waals surface area contributed by atoms with Crippen LogP contribution in [0.2, 0.25) is 0 Å². The van der Waals surface area contributed by atoms with Crippen molar-refractivity contribution < 1.29 is 22.7 Å². The van der Waals surface area contributed by atoms with Crippen LogP contribution in [0.1, 0.15) is 37.3 Å². The third-order valence-electron chi connectivity index (χ3n) is 5.36. The Labute approximate surface area is 174 Å². The van der Waals surface area contributed by atoms with Gasteiger partial charge in [-0.3, -0.25) is 10.6 Å². The molecule has 1 aliphatic rings. The standard InChI is InChI=1S/C22H26F3N3O2/c1-16(29)27-19-9-10-20(30-15-22(23,24)25)17(13-19)14-21(11-5-6-12-28(21)26)18-7-3-2-4-8-18/h2-4,7-10,13H,5-6,11-12,14-15,26H2,1H3,(H,27,29). The number of benzene rings is 2. The van der Waals surface area contributed by atoms with Gasteiger partial charge in [0.1, 0.15) is 5.75 Å². The van der Waals surface area contributed by atoms with E-state index in [1.807, 2.05) is 30.3 Å². The molecule has 1 fully saturated rings. The fourth-order valence-electron chi connectivity index (χ4n) is 4.02. The predicted octanol–water partition coefficient (Wildman–Crippen LogP) is 4.38. The number of nitrogens with two attached hydrogens (primary N) is 1. The maximum Gasteiger partial charge on any atom is 0.422 e. The molecule has 0 bridgehead atoms. The molecule has 1 amide bonds. The van der Waals surface area contributed by atoms with E-state index in [2.05, 4.69) is 5.32 Å². The third-order valence-corrected chi connectivity index (χ3v) is 5.36. The van der Waals surface area contributed by atoms with Gasteiger partial charge in [0.05, 0.1) is 5.54 Å². The van der Waals surface area contributed by atoms with Crippen molar-refractivity contribution in [2.24, 2.45) is 5.84 Å². The van der Waals surface area contributed by atoms with E-state index in [9.17, 15) is 18.0 Å². The van der Waals surface area contributed by atoms with Crippen LogP contribution in [0, 0.1) is 0 Å². The molecule has 30 heavy (non-hydrogen) atoms. The number of carbonyl (C=O) groups excluding carboxylic acids is 1. The Morgan fingerprint density at radius 3 is 2.57 bits per heavy atom. The summed E-state index contributed by atoms with van der Waals surface area (Å²) < 4.78 is 43.4. The lowest BCUT2D eigenvalue weighted by molar-refractivity contribution is -0.153. The zero-order chi connectivity index (χ0) is 21.8. The van der Waals surface area contributed by atoms with Crippen LogP contribution in [0.15, 0.2) is 48.5 Å². The lowest BCUT2D eigenvalue weighted by atomic mass is 9.77. The monoisotopic (exact) mass is 421 g/mol. The number of piperidine rings is 1.